The highest BCUT2D eigenvalue weighted by Crippen LogP contribution is 2.18. The number of likely N-dealkylation sites (tertiary alicyclic amines) is 1. The Kier molecular flexibility index (Phi) is 2.76. The summed E-state index contributed by atoms with van der Waals surface area (Å²) in [5.74, 6) is 0.487. The van der Waals surface area contributed by atoms with Crippen molar-refractivity contribution in [1.29, 1.82) is 0 Å². The smallest absolute Gasteiger partial charge is 0.270 e. The molecule has 0 saturated carbocycles. The Labute approximate surface area is 96.0 Å². The highest BCUT2D eigenvalue weighted by molar-refractivity contribution is 5.93. The van der Waals surface area contributed by atoms with Gasteiger partial charge in [-0.3, -0.25) is 4.79 Å². The molecule has 2 heterocycles. The predicted octanol–water partition coefficient (Wildman–Crippen LogP) is 0.753. The lowest BCUT2D eigenvalue weighted by atomic mass is 10.1. The molecule has 4 nitrogen and oxygen atoms in total. The summed E-state index contributed by atoms with van der Waals surface area (Å²) in [6.07, 6.45) is 0. The van der Waals surface area contributed by atoms with E-state index in [4.69, 9.17) is 5.73 Å². The number of amides is 1. The van der Waals surface area contributed by atoms with Crippen molar-refractivity contribution in [3.05, 3.63) is 23.5 Å². The maximum absolute atomic E-state index is 12.2. The van der Waals surface area contributed by atoms with Gasteiger partial charge in [-0.05, 0) is 25.0 Å². The van der Waals surface area contributed by atoms with E-state index in [0.29, 0.717) is 12.5 Å². The minimum atomic E-state index is 0.0930. The minimum absolute atomic E-state index is 0.0930. The number of aryl methyl sites for hydroxylation is 1. The Balaban J connectivity index is 2.18. The van der Waals surface area contributed by atoms with Crippen LogP contribution >= 0.6 is 0 Å². The van der Waals surface area contributed by atoms with Gasteiger partial charge in [0, 0.05) is 31.9 Å². The van der Waals surface area contributed by atoms with Gasteiger partial charge < -0.3 is 15.2 Å². The summed E-state index contributed by atoms with van der Waals surface area (Å²) in [6, 6.07) is 3.96. The van der Waals surface area contributed by atoms with Crippen LogP contribution < -0.4 is 5.73 Å². The van der Waals surface area contributed by atoms with E-state index in [9.17, 15) is 4.79 Å². The topological polar surface area (TPSA) is 51.3 Å². The second-order valence-corrected chi connectivity index (χ2v) is 4.77. The monoisotopic (exact) mass is 221 g/mol. The van der Waals surface area contributed by atoms with Crippen LogP contribution in [-0.2, 0) is 7.05 Å². The molecule has 0 spiro atoms. The molecule has 2 unspecified atom stereocenters. The molecule has 1 fully saturated rings. The highest BCUT2D eigenvalue weighted by Gasteiger charge is 2.31. The summed E-state index contributed by atoms with van der Waals surface area (Å²) in [4.78, 5) is 14.1. The number of aromatic nitrogens is 1. The molecule has 1 saturated heterocycles. The molecule has 2 atom stereocenters. The molecule has 0 bridgehead atoms. The molecule has 1 amide bonds. The fraction of sp³-hybridized carbons (Fsp3) is 0.583. The van der Waals surface area contributed by atoms with Crippen LogP contribution in [0.4, 0.5) is 0 Å². The normalized spacial score (nSPS) is 25.1. The molecule has 4 heteroatoms. The maximum atomic E-state index is 12.2. The Morgan fingerprint density at radius 3 is 2.56 bits per heavy atom. The first kappa shape index (κ1) is 11.2. The van der Waals surface area contributed by atoms with Gasteiger partial charge in [-0.2, -0.15) is 0 Å². The number of rotatable bonds is 1. The average molecular weight is 221 g/mol. The zero-order valence-electron chi connectivity index (χ0n) is 10.1. The molecule has 1 aliphatic heterocycles. The minimum Gasteiger partial charge on any atom is -0.344 e. The standard InChI is InChI=1S/C12H19N3O/c1-8-6-15(7-10(8)13)12(16)11-5-4-9(2)14(11)3/h4-5,8,10H,6-7,13H2,1-3H3. The summed E-state index contributed by atoms with van der Waals surface area (Å²) in [7, 11) is 1.92. The van der Waals surface area contributed by atoms with Crippen LogP contribution in [0, 0.1) is 12.8 Å². The molecule has 0 radical (unpaired) electrons. The third-order valence-electron chi connectivity index (χ3n) is 3.55. The predicted molar refractivity (Wildman–Crippen MR) is 63.2 cm³/mol. The van der Waals surface area contributed by atoms with Crippen LogP contribution in [-0.4, -0.2) is 34.5 Å². The molecule has 1 aromatic rings. The van der Waals surface area contributed by atoms with Gasteiger partial charge in [-0.25, -0.2) is 0 Å². The number of nitrogens with zero attached hydrogens (tertiary/aromatic N) is 2. The van der Waals surface area contributed by atoms with E-state index < -0.39 is 0 Å². The van der Waals surface area contributed by atoms with Crippen molar-refractivity contribution < 1.29 is 4.79 Å². The molecule has 1 aromatic heterocycles. The van der Waals surface area contributed by atoms with Crippen LogP contribution in [0.15, 0.2) is 12.1 Å². The second kappa shape index (κ2) is 3.94. The van der Waals surface area contributed by atoms with Crippen molar-refractivity contribution in [3.8, 4) is 0 Å². The van der Waals surface area contributed by atoms with Crippen molar-refractivity contribution in [2.75, 3.05) is 13.1 Å². The number of nitrogens with two attached hydrogens (primary N) is 1. The molecule has 16 heavy (non-hydrogen) atoms. The summed E-state index contributed by atoms with van der Waals surface area (Å²) in [5, 5.41) is 0. The fourth-order valence-corrected chi connectivity index (χ4v) is 2.15. The van der Waals surface area contributed by atoms with Gasteiger partial charge in [0.25, 0.3) is 5.91 Å². The molecule has 2 N–H and O–H groups in total. The molecule has 0 aliphatic carbocycles. The van der Waals surface area contributed by atoms with Gasteiger partial charge >= 0.3 is 0 Å². The quantitative estimate of drug-likeness (QED) is 0.761. The van der Waals surface area contributed by atoms with E-state index in [1.54, 1.807) is 0 Å². The molecule has 2 rings (SSSR count). The van der Waals surface area contributed by atoms with E-state index >= 15 is 0 Å². The van der Waals surface area contributed by atoms with Gasteiger partial charge in [0.2, 0.25) is 0 Å². The second-order valence-electron chi connectivity index (χ2n) is 4.77. The van der Waals surface area contributed by atoms with Crippen molar-refractivity contribution in [2.24, 2.45) is 18.7 Å². The lowest BCUT2D eigenvalue weighted by Crippen LogP contribution is -2.33. The average Bonchev–Trinajstić information content (AvgIpc) is 2.73. The third kappa shape index (κ3) is 1.73. The Morgan fingerprint density at radius 1 is 1.44 bits per heavy atom. The van der Waals surface area contributed by atoms with Crippen molar-refractivity contribution in [2.45, 2.75) is 19.9 Å². The Morgan fingerprint density at radius 2 is 2.12 bits per heavy atom. The zero-order chi connectivity index (χ0) is 11.9. The van der Waals surface area contributed by atoms with E-state index in [2.05, 4.69) is 6.92 Å². The van der Waals surface area contributed by atoms with Crippen LogP contribution in [0.3, 0.4) is 0 Å². The number of carbonyl (C=O) groups is 1. The highest BCUT2D eigenvalue weighted by atomic mass is 16.2. The third-order valence-corrected chi connectivity index (χ3v) is 3.55. The van der Waals surface area contributed by atoms with E-state index in [0.717, 1.165) is 17.9 Å². The van der Waals surface area contributed by atoms with Crippen molar-refractivity contribution in [1.82, 2.24) is 9.47 Å². The van der Waals surface area contributed by atoms with Gasteiger partial charge in [0.15, 0.2) is 0 Å². The van der Waals surface area contributed by atoms with Crippen molar-refractivity contribution >= 4 is 5.91 Å². The fourth-order valence-electron chi connectivity index (χ4n) is 2.15. The lowest BCUT2D eigenvalue weighted by molar-refractivity contribution is 0.0777. The van der Waals surface area contributed by atoms with E-state index in [1.165, 1.54) is 0 Å². The largest absolute Gasteiger partial charge is 0.344 e. The summed E-state index contributed by atoms with van der Waals surface area (Å²) in [6.45, 7) is 5.53. The van der Waals surface area contributed by atoms with Crippen molar-refractivity contribution in [3.63, 3.8) is 0 Å². The lowest BCUT2D eigenvalue weighted by Gasteiger charge is -2.16. The van der Waals surface area contributed by atoms with Crippen LogP contribution in [0.5, 0.6) is 0 Å². The van der Waals surface area contributed by atoms with E-state index in [1.807, 2.05) is 35.6 Å². The van der Waals surface area contributed by atoms with Gasteiger partial charge in [0.1, 0.15) is 5.69 Å². The first-order valence-corrected chi connectivity index (χ1v) is 5.68. The molecule has 1 aliphatic rings. The van der Waals surface area contributed by atoms with Gasteiger partial charge in [-0.15, -0.1) is 0 Å². The molecule has 0 aromatic carbocycles. The number of carbonyl (C=O) groups excluding carboxylic acids is 1. The van der Waals surface area contributed by atoms with Crippen LogP contribution in [0.2, 0.25) is 0 Å². The van der Waals surface area contributed by atoms with Crippen LogP contribution in [0.25, 0.3) is 0 Å². The van der Waals surface area contributed by atoms with E-state index in [-0.39, 0.29) is 11.9 Å². The number of hydrogen-bond donors (Lipinski definition) is 1. The van der Waals surface area contributed by atoms with Gasteiger partial charge in [0.05, 0.1) is 0 Å². The Bertz CT molecular complexity index is 400. The number of hydrogen-bond acceptors (Lipinski definition) is 2. The molecule has 88 valence electrons. The summed E-state index contributed by atoms with van der Waals surface area (Å²) in [5.41, 5.74) is 7.77. The maximum Gasteiger partial charge on any atom is 0.270 e. The van der Waals surface area contributed by atoms with Crippen LogP contribution in [0.1, 0.15) is 23.1 Å². The molecular formula is C12H19N3O. The summed E-state index contributed by atoms with van der Waals surface area (Å²) < 4.78 is 1.93. The SMILES string of the molecule is Cc1ccc(C(=O)N2CC(C)C(N)C2)n1C. The first-order valence-electron chi connectivity index (χ1n) is 5.68. The Hall–Kier alpha value is -1.29. The molecular weight excluding hydrogens is 202 g/mol. The first-order chi connectivity index (χ1) is 7.50. The zero-order valence-corrected chi connectivity index (χ0v) is 10.1. The van der Waals surface area contributed by atoms with Gasteiger partial charge in [-0.1, -0.05) is 6.92 Å². The summed E-state index contributed by atoms with van der Waals surface area (Å²) >= 11 is 0.